The molecule has 2 atom stereocenters. The van der Waals surface area contributed by atoms with Crippen molar-refractivity contribution in [3.8, 4) is 0 Å². The number of hydrogen-bond acceptors (Lipinski definition) is 3. The summed E-state index contributed by atoms with van der Waals surface area (Å²) in [6.07, 6.45) is 13.2. The molecule has 0 amide bonds. The lowest BCUT2D eigenvalue weighted by molar-refractivity contribution is -0.246. The maximum Gasteiger partial charge on any atom is 0.161 e. The molecule has 0 bridgehead atoms. The molecular formula is C18H32Cl2O3. The molecule has 0 aromatic heterocycles. The van der Waals surface area contributed by atoms with Crippen LogP contribution in [0.3, 0.4) is 0 Å². The number of rotatable bonds is 16. The largest absolute Gasteiger partial charge is 0.353 e. The Hall–Kier alpha value is -0.0600. The maximum absolute atomic E-state index is 5.98. The van der Waals surface area contributed by atoms with Gasteiger partial charge in [-0.2, -0.15) is 0 Å². The second-order valence-electron chi connectivity index (χ2n) is 4.96. The Kier molecular flexibility index (Phi) is 18.2. The van der Waals surface area contributed by atoms with Gasteiger partial charge in [-0.25, -0.2) is 0 Å². The van der Waals surface area contributed by atoms with Crippen LogP contribution in [0.4, 0.5) is 0 Å². The van der Waals surface area contributed by atoms with Crippen LogP contribution in [0.2, 0.25) is 0 Å². The van der Waals surface area contributed by atoms with E-state index >= 15 is 0 Å². The highest BCUT2D eigenvalue weighted by molar-refractivity contribution is 6.18. The van der Waals surface area contributed by atoms with E-state index in [-0.39, 0.29) is 12.6 Å². The normalized spacial score (nSPS) is 14.8. The first-order valence-electron chi connectivity index (χ1n) is 8.59. The van der Waals surface area contributed by atoms with Gasteiger partial charge in [-0.3, -0.25) is 0 Å². The van der Waals surface area contributed by atoms with E-state index in [0.717, 1.165) is 38.5 Å². The summed E-state index contributed by atoms with van der Waals surface area (Å²) in [6.45, 7) is 5.21. The molecule has 0 fully saturated rings. The van der Waals surface area contributed by atoms with E-state index < -0.39 is 0 Å². The van der Waals surface area contributed by atoms with E-state index in [1.54, 1.807) is 0 Å². The molecule has 0 spiro atoms. The maximum atomic E-state index is 5.98. The van der Waals surface area contributed by atoms with Crippen molar-refractivity contribution >= 4 is 23.2 Å². The molecule has 0 aromatic carbocycles. The Morgan fingerprint density at radius 1 is 0.696 bits per heavy atom. The topological polar surface area (TPSA) is 27.7 Å². The molecule has 0 N–H and O–H groups in total. The summed E-state index contributed by atoms with van der Waals surface area (Å²) in [5, 5.41) is 0. The second-order valence-corrected chi connectivity index (χ2v) is 5.71. The van der Waals surface area contributed by atoms with Gasteiger partial charge < -0.3 is 14.2 Å². The molecule has 2 unspecified atom stereocenters. The van der Waals surface area contributed by atoms with Crippen LogP contribution in [0.25, 0.3) is 0 Å². The smallest absolute Gasteiger partial charge is 0.161 e. The van der Waals surface area contributed by atoms with E-state index in [4.69, 9.17) is 37.4 Å². The van der Waals surface area contributed by atoms with Gasteiger partial charge in [0.05, 0.1) is 0 Å². The van der Waals surface area contributed by atoms with Crippen molar-refractivity contribution in [2.24, 2.45) is 0 Å². The van der Waals surface area contributed by atoms with Gasteiger partial charge in [0, 0.05) is 37.8 Å². The first kappa shape index (κ1) is 22.9. The predicted molar refractivity (Wildman–Crippen MR) is 99.3 cm³/mol. The molecule has 0 heterocycles. The number of halogens is 2. The van der Waals surface area contributed by atoms with Gasteiger partial charge in [-0.1, -0.05) is 24.3 Å². The molecule has 23 heavy (non-hydrogen) atoms. The molecule has 0 aliphatic rings. The first-order chi connectivity index (χ1) is 11.3. The minimum absolute atomic E-state index is 0.232. The molecule has 0 aromatic rings. The number of hydrogen-bond donors (Lipinski definition) is 0. The summed E-state index contributed by atoms with van der Waals surface area (Å²) in [5.74, 6) is 1.32. The molecule has 0 aliphatic heterocycles. The quantitative estimate of drug-likeness (QED) is 0.200. The minimum Gasteiger partial charge on any atom is -0.353 e. The SMILES string of the molecule is CCOC(CC/C=C/CCCl)OC(CC/C=C/CCCl)OCC. The number of allylic oxidation sites excluding steroid dienone is 4. The Balaban J connectivity index is 4.21. The Morgan fingerprint density at radius 2 is 1.09 bits per heavy atom. The van der Waals surface area contributed by atoms with Gasteiger partial charge in [0.1, 0.15) is 0 Å². The Bertz CT molecular complexity index is 268. The standard InChI is InChI=1S/C18H32Cl2O3/c1-3-21-17(13-9-5-7-11-15-19)23-18(22-4-2)14-10-6-8-12-16-20/h5-8,17-18H,3-4,9-16H2,1-2H3/b7-5+,8-6+. The fourth-order valence-electron chi connectivity index (χ4n) is 1.98. The lowest BCUT2D eigenvalue weighted by Gasteiger charge is -2.24. The van der Waals surface area contributed by atoms with Gasteiger partial charge in [0.2, 0.25) is 0 Å². The Morgan fingerprint density at radius 3 is 1.43 bits per heavy atom. The van der Waals surface area contributed by atoms with Crippen LogP contribution < -0.4 is 0 Å². The molecule has 3 nitrogen and oxygen atoms in total. The second kappa shape index (κ2) is 18.3. The van der Waals surface area contributed by atoms with E-state index in [0.29, 0.717) is 25.0 Å². The summed E-state index contributed by atoms with van der Waals surface area (Å²) in [5.41, 5.74) is 0. The Labute approximate surface area is 152 Å². The van der Waals surface area contributed by atoms with Gasteiger partial charge >= 0.3 is 0 Å². The predicted octanol–water partition coefficient (Wildman–Crippen LogP) is 5.66. The average Bonchev–Trinajstić information content (AvgIpc) is 2.54. The van der Waals surface area contributed by atoms with Gasteiger partial charge in [-0.15, -0.1) is 23.2 Å². The van der Waals surface area contributed by atoms with Crippen molar-refractivity contribution in [2.45, 2.75) is 65.0 Å². The molecule has 0 saturated carbocycles. The van der Waals surface area contributed by atoms with E-state index in [2.05, 4.69) is 24.3 Å². The van der Waals surface area contributed by atoms with E-state index in [9.17, 15) is 0 Å². The van der Waals surface area contributed by atoms with E-state index in [1.165, 1.54) is 0 Å². The highest BCUT2D eigenvalue weighted by Gasteiger charge is 2.16. The molecule has 0 aliphatic carbocycles. The summed E-state index contributed by atoms with van der Waals surface area (Å²) in [4.78, 5) is 0. The fourth-order valence-corrected chi connectivity index (χ4v) is 2.24. The van der Waals surface area contributed by atoms with Crippen molar-refractivity contribution < 1.29 is 14.2 Å². The highest BCUT2D eigenvalue weighted by atomic mass is 35.5. The third-order valence-corrected chi connectivity index (χ3v) is 3.47. The summed E-state index contributed by atoms with van der Waals surface area (Å²) in [7, 11) is 0. The van der Waals surface area contributed by atoms with Crippen molar-refractivity contribution in [3.63, 3.8) is 0 Å². The van der Waals surface area contributed by atoms with Crippen LogP contribution in [0.1, 0.15) is 52.4 Å². The average molecular weight is 367 g/mol. The highest BCUT2D eigenvalue weighted by Crippen LogP contribution is 2.14. The summed E-state index contributed by atoms with van der Waals surface area (Å²) >= 11 is 11.3. The zero-order chi connectivity index (χ0) is 17.2. The van der Waals surface area contributed by atoms with Gasteiger partial charge in [0.15, 0.2) is 12.6 Å². The van der Waals surface area contributed by atoms with E-state index in [1.807, 2.05) is 13.8 Å². The van der Waals surface area contributed by atoms with Crippen molar-refractivity contribution in [3.05, 3.63) is 24.3 Å². The van der Waals surface area contributed by atoms with Crippen molar-refractivity contribution in [1.82, 2.24) is 0 Å². The molecule has 0 saturated heterocycles. The molecule has 0 radical (unpaired) electrons. The van der Waals surface area contributed by atoms with Crippen LogP contribution in [-0.4, -0.2) is 37.6 Å². The van der Waals surface area contributed by atoms with Crippen LogP contribution in [0.5, 0.6) is 0 Å². The zero-order valence-electron chi connectivity index (χ0n) is 14.5. The van der Waals surface area contributed by atoms with Crippen LogP contribution >= 0.6 is 23.2 Å². The summed E-state index contributed by atoms with van der Waals surface area (Å²) in [6, 6.07) is 0. The minimum atomic E-state index is -0.232. The fraction of sp³-hybridized carbons (Fsp3) is 0.778. The molecule has 0 rings (SSSR count). The molecule has 136 valence electrons. The zero-order valence-corrected chi connectivity index (χ0v) is 16.0. The number of ether oxygens (including phenoxy) is 3. The molecule has 5 heteroatoms. The summed E-state index contributed by atoms with van der Waals surface area (Å²) < 4.78 is 17.3. The van der Waals surface area contributed by atoms with Crippen molar-refractivity contribution in [1.29, 1.82) is 0 Å². The lowest BCUT2D eigenvalue weighted by Crippen LogP contribution is -2.27. The van der Waals surface area contributed by atoms with Crippen LogP contribution in [-0.2, 0) is 14.2 Å². The van der Waals surface area contributed by atoms with Crippen molar-refractivity contribution in [2.75, 3.05) is 25.0 Å². The number of alkyl halides is 2. The first-order valence-corrected chi connectivity index (χ1v) is 9.65. The van der Waals surface area contributed by atoms with Gasteiger partial charge in [-0.05, 0) is 39.5 Å². The van der Waals surface area contributed by atoms with Gasteiger partial charge in [0.25, 0.3) is 0 Å². The third-order valence-electron chi connectivity index (χ3n) is 3.03. The molecular weight excluding hydrogens is 335 g/mol. The van der Waals surface area contributed by atoms with Crippen LogP contribution in [0.15, 0.2) is 24.3 Å². The van der Waals surface area contributed by atoms with Crippen LogP contribution in [0, 0.1) is 0 Å². The third kappa shape index (κ3) is 15.2. The lowest BCUT2D eigenvalue weighted by atomic mass is 10.2. The monoisotopic (exact) mass is 366 g/mol.